The first-order valence-corrected chi connectivity index (χ1v) is 7.87. The van der Waals surface area contributed by atoms with Gasteiger partial charge in [-0.1, -0.05) is 13.0 Å². The highest BCUT2D eigenvalue weighted by Gasteiger charge is 2.14. The van der Waals surface area contributed by atoms with Gasteiger partial charge in [0.15, 0.2) is 0 Å². The number of aromatic amines is 1. The average Bonchev–Trinajstić information content (AvgIpc) is 3.19. The van der Waals surface area contributed by atoms with Crippen molar-refractivity contribution in [3.63, 3.8) is 0 Å². The van der Waals surface area contributed by atoms with Gasteiger partial charge in [0.1, 0.15) is 16.5 Å². The molecule has 0 aromatic carbocycles. The van der Waals surface area contributed by atoms with Gasteiger partial charge in [0, 0.05) is 10.9 Å². The Morgan fingerprint density at radius 1 is 1.45 bits per heavy atom. The van der Waals surface area contributed by atoms with Gasteiger partial charge in [0.25, 0.3) is 5.91 Å². The van der Waals surface area contributed by atoms with Crippen LogP contribution < -0.4 is 5.32 Å². The van der Waals surface area contributed by atoms with Gasteiger partial charge in [-0.25, -0.2) is 4.98 Å². The third-order valence-corrected chi connectivity index (χ3v) is 4.69. The minimum Gasteiger partial charge on any atom is -0.305 e. The number of hydrogen-bond acceptors (Lipinski definition) is 5. The first kappa shape index (κ1) is 13.0. The van der Waals surface area contributed by atoms with Crippen molar-refractivity contribution in [2.24, 2.45) is 0 Å². The Hall–Kier alpha value is -1.99. The summed E-state index contributed by atoms with van der Waals surface area (Å²) < 4.78 is 0. The Kier molecular flexibility index (Phi) is 3.62. The Morgan fingerprint density at radius 3 is 3.10 bits per heavy atom. The molecule has 5 nitrogen and oxygen atoms in total. The Morgan fingerprint density at radius 2 is 2.35 bits per heavy atom. The highest BCUT2D eigenvalue weighted by Crippen LogP contribution is 2.28. The van der Waals surface area contributed by atoms with Crippen LogP contribution in [0.2, 0.25) is 0 Å². The number of aromatic nitrogens is 3. The van der Waals surface area contributed by atoms with Crippen LogP contribution in [0, 0.1) is 0 Å². The maximum absolute atomic E-state index is 12.2. The van der Waals surface area contributed by atoms with Gasteiger partial charge in [-0.2, -0.15) is 5.10 Å². The lowest BCUT2D eigenvalue weighted by molar-refractivity contribution is 0.102. The van der Waals surface area contributed by atoms with E-state index >= 15 is 0 Å². The zero-order valence-corrected chi connectivity index (χ0v) is 12.3. The van der Waals surface area contributed by atoms with Gasteiger partial charge in [-0.15, -0.1) is 22.7 Å². The molecule has 3 rings (SSSR count). The summed E-state index contributed by atoms with van der Waals surface area (Å²) in [5, 5.41) is 14.2. The van der Waals surface area contributed by atoms with Crippen LogP contribution >= 0.6 is 22.7 Å². The van der Waals surface area contributed by atoms with Gasteiger partial charge in [0.05, 0.1) is 11.1 Å². The Bertz CT molecular complexity index is 714. The lowest BCUT2D eigenvalue weighted by Gasteiger charge is -2.01. The second-order valence-electron chi connectivity index (χ2n) is 4.09. The minimum atomic E-state index is -0.219. The number of rotatable bonds is 4. The summed E-state index contributed by atoms with van der Waals surface area (Å²) in [6, 6.07) is 3.97. The number of carbonyl (C=O) groups excluding carboxylic acids is 1. The fraction of sp³-hybridized carbons (Fsp3) is 0.154. The third-order valence-electron chi connectivity index (χ3n) is 2.81. The van der Waals surface area contributed by atoms with Crippen LogP contribution in [0.4, 0.5) is 5.82 Å². The van der Waals surface area contributed by atoms with E-state index in [1.165, 1.54) is 11.3 Å². The number of hydrogen-bond donors (Lipinski definition) is 2. The first-order valence-electron chi connectivity index (χ1n) is 6.11. The van der Waals surface area contributed by atoms with Crippen molar-refractivity contribution in [1.82, 2.24) is 15.2 Å². The van der Waals surface area contributed by atoms with Gasteiger partial charge in [0.2, 0.25) is 0 Å². The fourth-order valence-electron chi connectivity index (χ4n) is 1.76. The Balaban J connectivity index is 1.78. The summed E-state index contributed by atoms with van der Waals surface area (Å²) in [4.78, 5) is 17.6. The lowest BCUT2D eigenvalue weighted by atomic mass is 10.2. The van der Waals surface area contributed by atoms with Crippen LogP contribution in [0.1, 0.15) is 23.0 Å². The molecule has 0 fully saturated rings. The number of thiophene rings is 1. The number of aryl methyl sites for hydroxylation is 1. The molecule has 0 spiro atoms. The van der Waals surface area contributed by atoms with Crippen LogP contribution in [0.25, 0.3) is 9.88 Å². The minimum absolute atomic E-state index is 0.219. The monoisotopic (exact) mass is 304 g/mol. The summed E-state index contributed by atoms with van der Waals surface area (Å²) >= 11 is 3.08. The van der Waals surface area contributed by atoms with Crippen LogP contribution in [-0.4, -0.2) is 21.1 Å². The maximum Gasteiger partial charge on any atom is 0.276 e. The van der Waals surface area contributed by atoms with Crippen molar-refractivity contribution in [2.75, 3.05) is 5.32 Å². The van der Waals surface area contributed by atoms with E-state index in [4.69, 9.17) is 0 Å². The molecule has 102 valence electrons. The molecule has 7 heteroatoms. The first-order chi connectivity index (χ1) is 9.78. The molecule has 0 bridgehead atoms. The van der Waals surface area contributed by atoms with E-state index in [1.807, 2.05) is 24.4 Å². The molecule has 0 radical (unpaired) electrons. The number of anilines is 1. The molecule has 3 aromatic rings. The van der Waals surface area contributed by atoms with Gasteiger partial charge in [-0.3, -0.25) is 9.89 Å². The highest BCUT2D eigenvalue weighted by molar-refractivity contribution is 7.20. The number of thiazole rings is 1. The molecule has 0 unspecified atom stereocenters. The number of nitrogens with zero attached hydrogens (tertiary/aromatic N) is 2. The van der Waals surface area contributed by atoms with E-state index in [9.17, 15) is 4.79 Å². The van der Waals surface area contributed by atoms with E-state index in [0.717, 1.165) is 21.9 Å². The van der Waals surface area contributed by atoms with Gasteiger partial charge in [-0.05, 0) is 17.9 Å². The molecule has 3 aromatic heterocycles. The van der Waals surface area contributed by atoms with Crippen molar-refractivity contribution in [2.45, 2.75) is 13.3 Å². The smallest absolute Gasteiger partial charge is 0.276 e. The predicted octanol–water partition coefficient (Wildman–Crippen LogP) is 3.41. The molecular formula is C13H12N4OS2. The number of carbonyl (C=O) groups is 1. The fourth-order valence-corrected chi connectivity index (χ4v) is 3.37. The average molecular weight is 304 g/mol. The van der Waals surface area contributed by atoms with Crippen molar-refractivity contribution in [1.29, 1.82) is 0 Å². The SMILES string of the molecule is CCc1cn[nH]c1NC(=O)c1csc(-c2cccs2)n1. The normalized spacial score (nSPS) is 10.7. The molecule has 0 aliphatic heterocycles. The Labute approximate surface area is 123 Å². The molecule has 1 amide bonds. The van der Waals surface area contributed by atoms with E-state index < -0.39 is 0 Å². The summed E-state index contributed by atoms with van der Waals surface area (Å²) in [6.07, 6.45) is 2.53. The molecule has 0 saturated carbocycles. The van der Waals surface area contributed by atoms with Crippen molar-refractivity contribution >= 4 is 34.4 Å². The van der Waals surface area contributed by atoms with Crippen molar-refractivity contribution in [3.05, 3.63) is 40.3 Å². The zero-order valence-electron chi connectivity index (χ0n) is 10.7. The van der Waals surface area contributed by atoms with E-state index in [0.29, 0.717) is 11.5 Å². The molecule has 20 heavy (non-hydrogen) atoms. The molecule has 0 saturated heterocycles. The summed E-state index contributed by atoms with van der Waals surface area (Å²) in [7, 11) is 0. The maximum atomic E-state index is 12.2. The zero-order chi connectivity index (χ0) is 13.9. The second-order valence-corrected chi connectivity index (χ2v) is 5.90. The largest absolute Gasteiger partial charge is 0.305 e. The topological polar surface area (TPSA) is 70.7 Å². The molecule has 3 heterocycles. The number of amides is 1. The van der Waals surface area contributed by atoms with Crippen molar-refractivity contribution in [3.8, 4) is 9.88 Å². The highest BCUT2D eigenvalue weighted by atomic mass is 32.1. The molecule has 2 N–H and O–H groups in total. The standard InChI is InChI=1S/C13H12N4OS2/c1-2-8-6-14-17-11(8)16-12(18)9-7-20-13(15-9)10-4-3-5-19-10/h3-7H,2H2,1H3,(H2,14,16,17,18). The predicted molar refractivity (Wildman–Crippen MR) is 81.3 cm³/mol. The number of nitrogens with one attached hydrogen (secondary N) is 2. The molecule has 0 aliphatic carbocycles. The van der Waals surface area contributed by atoms with Gasteiger partial charge < -0.3 is 5.32 Å². The summed E-state index contributed by atoms with van der Waals surface area (Å²) in [5.41, 5.74) is 1.40. The third kappa shape index (κ3) is 2.50. The van der Waals surface area contributed by atoms with Gasteiger partial charge >= 0.3 is 0 Å². The summed E-state index contributed by atoms with van der Waals surface area (Å²) in [6.45, 7) is 2.01. The van der Waals surface area contributed by atoms with E-state index in [-0.39, 0.29) is 5.91 Å². The van der Waals surface area contributed by atoms with Crippen LogP contribution in [0.5, 0.6) is 0 Å². The molecule has 0 aliphatic rings. The van der Waals surface area contributed by atoms with Crippen LogP contribution in [0.15, 0.2) is 29.1 Å². The van der Waals surface area contributed by atoms with Crippen LogP contribution in [0.3, 0.4) is 0 Å². The summed E-state index contributed by atoms with van der Waals surface area (Å²) in [5.74, 6) is 0.422. The second kappa shape index (κ2) is 5.56. The molecular weight excluding hydrogens is 292 g/mol. The van der Waals surface area contributed by atoms with Crippen molar-refractivity contribution < 1.29 is 4.79 Å². The molecule has 0 atom stereocenters. The van der Waals surface area contributed by atoms with Crippen LogP contribution in [-0.2, 0) is 6.42 Å². The number of H-pyrrole nitrogens is 1. The van der Waals surface area contributed by atoms with E-state index in [2.05, 4.69) is 20.5 Å². The quantitative estimate of drug-likeness (QED) is 0.776. The van der Waals surface area contributed by atoms with E-state index in [1.54, 1.807) is 22.9 Å². The lowest BCUT2D eigenvalue weighted by Crippen LogP contribution is -2.13.